The molecule has 0 aromatic carbocycles. The van der Waals surface area contributed by atoms with Crippen LogP contribution >= 0.6 is 0 Å². The van der Waals surface area contributed by atoms with E-state index in [-0.39, 0.29) is 11.8 Å². The van der Waals surface area contributed by atoms with Gasteiger partial charge in [-0.05, 0) is 13.8 Å². The van der Waals surface area contributed by atoms with Crippen LogP contribution in [-0.2, 0) is 14.1 Å². The Morgan fingerprint density at radius 1 is 1.42 bits per heavy atom. The van der Waals surface area contributed by atoms with Crippen molar-refractivity contribution in [1.29, 1.82) is 0 Å². The highest BCUT2D eigenvalue weighted by atomic mass is 16.5. The van der Waals surface area contributed by atoms with E-state index in [0.29, 0.717) is 6.01 Å². The van der Waals surface area contributed by atoms with Gasteiger partial charge in [0.05, 0.1) is 6.10 Å². The fourth-order valence-corrected chi connectivity index (χ4v) is 0.851. The summed E-state index contributed by atoms with van der Waals surface area (Å²) in [7, 11) is 3.22. The molecule has 1 heterocycles. The highest BCUT2D eigenvalue weighted by molar-refractivity contribution is 4.92. The Labute approximate surface area is 70.6 Å². The zero-order valence-corrected chi connectivity index (χ0v) is 7.74. The van der Waals surface area contributed by atoms with Crippen molar-refractivity contribution in [2.45, 2.75) is 20.0 Å². The molecule has 0 aliphatic rings. The van der Waals surface area contributed by atoms with Gasteiger partial charge in [-0.1, -0.05) is 0 Å². The lowest BCUT2D eigenvalue weighted by atomic mass is 10.5. The van der Waals surface area contributed by atoms with Crippen LogP contribution in [0.15, 0.2) is 4.79 Å². The molecule has 0 aliphatic carbocycles. The predicted octanol–water partition coefficient (Wildman–Crippen LogP) is -0.0940. The number of hydrogen-bond donors (Lipinski definition) is 0. The zero-order chi connectivity index (χ0) is 9.30. The van der Waals surface area contributed by atoms with Gasteiger partial charge < -0.3 is 4.74 Å². The van der Waals surface area contributed by atoms with Gasteiger partial charge in [0.1, 0.15) is 0 Å². The molecule has 0 radical (unpaired) electrons. The summed E-state index contributed by atoms with van der Waals surface area (Å²) < 4.78 is 7.90. The van der Waals surface area contributed by atoms with Gasteiger partial charge in [0.2, 0.25) is 0 Å². The molecule has 5 nitrogen and oxygen atoms in total. The molecule has 12 heavy (non-hydrogen) atoms. The molecule has 68 valence electrons. The minimum Gasteiger partial charge on any atom is -0.461 e. The van der Waals surface area contributed by atoms with Gasteiger partial charge in [-0.3, -0.25) is 0 Å². The molecular weight excluding hydrogens is 158 g/mol. The smallest absolute Gasteiger partial charge is 0.348 e. The molecule has 0 spiro atoms. The van der Waals surface area contributed by atoms with Crippen LogP contribution in [0.4, 0.5) is 0 Å². The minimum absolute atomic E-state index is 0.0329. The second-order valence-electron chi connectivity index (χ2n) is 2.91. The first-order valence-corrected chi connectivity index (χ1v) is 3.79. The predicted molar refractivity (Wildman–Crippen MR) is 44.2 cm³/mol. The average Bonchev–Trinajstić information content (AvgIpc) is 2.17. The van der Waals surface area contributed by atoms with Gasteiger partial charge in [0.15, 0.2) is 0 Å². The van der Waals surface area contributed by atoms with E-state index in [1.807, 2.05) is 13.8 Å². The Morgan fingerprint density at radius 2 is 2.00 bits per heavy atom. The maximum atomic E-state index is 11.2. The van der Waals surface area contributed by atoms with Crippen LogP contribution in [0.5, 0.6) is 6.01 Å². The van der Waals surface area contributed by atoms with E-state index in [1.165, 1.54) is 9.25 Å². The first-order valence-electron chi connectivity index (χ1n) is 3.79. The van der Waals surface area contributed by atoms with Gasteiger partial charge in [-0.15, -0.1) is 5.10 Å². The molecule has 0 atom stereocenters. The van der Waals surface area contributed by atoms with Crippen LogP contribution in [0.3, 0.4) is 0 Å². The maximum absolute atomic E-state index is 11.2. The quantitative estimate of drug-likeness (QED) is 0.624. The van der Waals surface area contributed by atoms with Crippen LogP contribution in [0, 0.1) is 0 Å². The SMILES string of the molecule is CC(C)Oc1nn(C)c(=O)n1C. The average molecular weight is 171 g/mol. The molecule has 0 fully saturated rings. The number of aryl methyl sites for hydroxylation is 1. The number of ether oxygens (including phenoxy) is 1. The fourth-order valence-electron chi connectivity index (χ4n) is 0.851. The highest BCUT2D eigenvalue weighted by Gasteiger charge is 2.08. The summed E-state index contributed by atoms with van der Waals surface area (Å²) in [5.74, 6) is 0. The third kappa shape index (κ3) is 1.49. The molecule has 5 heteroatoms. The Kier molecular flexibility index (Phi) is 2.21. The molecule has 0 saturated carbocycles. The van der Waals surface area contributed by atoms with E-state index in [0.717, 1.165) is 0 Å². The van der Waals surface area contributed by atoms with Gasteiger partial charge in [-0.25, -0.2) is 14.0 Å². The summed E-state index contributed by atoms with van der Waals surface area (Å²) >= 11 is 0. The number of aromatic nitrogens is 3. The van der Waals surface area contributed by atoms with Crippen LogP contribution in [0.2, 0.25) is 0 Å². The van der Waals surface area contributed by atoms with Gasteiger partial charge in [-0.2, -0.15) is 0 Å². The molecule has 0 bridgehead atoms. The van der Waals surface area contributed by atoms with Crippen molar-refractivity contribution >= 4 is 0 Å². The zero-order valence-electron chi connectivity index (χ0n) is 7.74. The van der Waals surface area contributed by atoms with E-state index in [1.54, 1.807) is 14.1 Å². The molecule has 0 N–H and O–H groups in total. The van der Waals surface area contributed by atoms with Gasteiger partial charge >= 0.3 is 11.7 Å². The molecule has 1 rings (SSSR count). The second kappa shape index (κ2) is 3.00. The number of rotatable bonds is 2. The monoisotopic (exact) mass is 171 g/mol. The van der Waals surface area contributed by atoms with Crippen molar-refractivity contribution in [2.24, 2.45) is 14.1 Å². The first-order chi connectivity index (χ1) is 5.52. The van der Waals surface area contributed by atoms with E-state index >= 15 is 0 Å². The molecule has 0 amide bonds. The molecule has 1 aromatic heterocycles. The second-order valence-corrected chi connectivity index (χ2v) is 2.91. The lowest BCUT2D eigenvalue weighted by Crippen LogP contribution is -2.20. The summed E-state index contributed by atoms with van der Waals surface area (Å²) in [6.07, 6.45) is 0.0329. The first kappa shape index (κ1) is 8.83. The van der Waals surface area contributed by atoms with Crippen molar-refractivity contribution in [3.05, 3.63) is 10.5 Å². The molecule has 0 saturated heterocycles. The third-order valence-corrected chi connectivity index (χ3v) is 1.43. The summed E-state index contributed by atoms with van der Waals surface area (Å²) in [5.41, 5.74) is -0.175. The highest BCUT2D eigenvalue weighted by Crippen LogP contribution is 2.02. The Hall–Kier alpha value is -1.26. The van der Waals surface area contributed by atoms with E-state index < -0.39 is 0 Å². The molecular formula is C7H13N3O2. The van der Waals surface area contributed by atoms with Gasteiger partial charge in [0.25, 0.3) is 0 Å². The summed E-state index contributed by atoms with van der Waals surface area (Å²) in [4.78, 5) is 11.2. The minimum atomic E-state index is -0.175. The Bertz CT molecular complexity index is 324. The molecule has 0 unspecified atom stereocenters. The van der Waals surface area contributed by atoms with Crippen LogP contribution < -0.4 is 10.4 Å². The van der Waals surface area contributed by atoms with Gasteiger partial charge in [0, 0.05) is 14.1 Å². The lowest BCUT2D eigenvalue weighted by Gasteiger charge is -2.05. The summed E-state index contributed by atoms with van der Waals surface area (Å²) in [6.45, 7) is 3.78. The van der Waals surface area contributed by atoms with Crippen molar-refractivity contribution in [2.75, 3.05) is 0 Å². The largest absolute Gasteiger partial charge is 0.461 e. The topological polar surface area (TPSA) is 49.1 Å². The van der Waals surface area contributed by atoms with Crippen LogP contribution in [-0.4, -0.2) is 20.5 Å². The van der Waals surface area contributed by atoms with Crippen LogP contribution in [0.1, 0.15) is 13.8 Å². The van der Waals surface area contributed by atoms with Crippen molar-refractivity contribution in [3.8, 4) is 6.01 Å². The van der Waals surface area contributed by atoms with Crippen molar-refractivity contribution in [3.63, 3.8) is 0 Å². The lowest BCUT2D eigenvalue weighted by molar-refractivity contribution is 0.213. The standard InChI is InChI=1S/C7H13N3O2/c1-5(2)12-6-8-10(4)7(11)9(6)3/h5H,1-4H3. The van der Waals surface area contributed by atoms with E-state index in [2.05, 4.69) is 5.10 Å². The molecule has 1 aromatic rings. The van der Waals surface area contributed by atoms with Crippen molar-refractivity contribution in [1.82, 2.24) is 14.3 Å². The third-order valence-electron chi connectivity index (χ3n) is 1.43. The summed E-state index contributed by atoms with van der Waals surface area (Å²) in [6, 6.07) is 0.359. The van der Waals surface area contributed by atoms with E-state index in [4.69, 9.17) is 4.74 Å². The number of hydrogen-bond acceptors (Lipinski definition) is 3. The van der Waals surface area contributed by atoms with Crippen molar-refractivity contribution < 1.29 is 4.74 Å². The van der Waals surface area contributed by atoms with E-state index in [9.17, 15) is 4.79 Å². The normalized spacial score (nSPS) is 10.8. The fraction of sp³-hybridized carbons (Fsp3) is 0.714. The maximum Gasteiger partial charge on any atom is 0.348 e. The Morgan fingerprint density at radius 3 is 2.33 bits per heavy atom. The van der Waals surface area contributed by atoms with Crippen LogP contribution in [0.25, 0.3) is 0 Å². The Balaban J connectivity index is 3.02. The number of nitrogens with zero attached hydrogens (tertiary/aromatic N) is 3. The molecule has 0 aliphatic heterocycles. The summed E-state index contributed by atoms with van der Waals surface area (Å²) in [5, 5.41) is 3.89.